The summed E-state index contributed by atoms with van der Waals surface area (Å²) in [6.07, 6.45) is 0. The summed E-state index contributed by atoms with van der Waals surface area (Å²) in [4.78, 5) is 0. The third kappa shape index (κ3) is 1.56. The summed E-state index contributed by atoms with van der Waals surface area (Å²) < 4.78 is 12.9. The number of hydrogen-bond acceptors (Lipinski definition) is 2. The van der Waals surface area contributed by atoms with Gasteiger partial charge in [0.15, 0.2) is 11.6 Å². The number of halogens is 1. The van der Waals surface area contributed by atoms with Gasteiger partial charge in [0.25, 0.3) is 0 Å². The van der Waals surface area contributed by atoms with Gasteiger partial charge in [-0.3, -0.25) is 0 Å². The Labute approximate surface area is 70.8 Å². The molecule has 0 saturated carbocycles. The summed E-state index contributed by atoms with van der Waals surface area (Å²) in [7, 11) is 0. The fourth-order valence-corrected chi connectivity index (χ4v) is 1.11. The Kier molecular flexibility index (Phi) is 2.33. The fourth-order valence-electron chi connectivity index (χ4n) is 1.11. The van der Waals surface area contributed by atoms with Crippen LogP contribution in [0.4, 0.5) is 4.39 Å². The zero-order chi connectivity index (χ0) is 9.30. The highest BCUT2D eigenvalue weighted by molar-refractivity contribution is 5.38. The molecule has 0 heterocycles. The van der Waals surface area contributed by atoms with Crippen molar-refractivity contribution in [3.05, 3.63) is 29.1 Å². The van der Waals surface area contributed by atoms with Crippen molar-refractivity contribution in [3.8, 4) is 5.75 Å². The lowest BCUT2D eigenvalue weighted by atomic mass is 10.0. The number of rotatable bonds is 1. The van der Waals surface area contributed by atoms with Gasteiger partial charge in [-0.25, -0.2) is 4.39 Å². The molecule has 1 aromatic carbocycles. The van der Waals surface area contributed by atoms with Gasteiger partial charge in [0.05, 0.1) is 0 Å². The standard InChI is InChI=1S/C9H12FNO/c1-5-3-7(6(2)11)9(12)8(10)4-5/h3-4,6,12H,11H2,1-2H3/t6-/m0/s1. The summed E-state index contributed by atoms with van der Waals surface area (Å²) in [6, 6.07) is 2.61. The molecule has 0 aliphatic rings. The van der Waals surface area contributed by atoms with Crippen molar-refractivity contribution in [2.24, 2.45) is 5.73 Å². The van der Waals surface area contributed by atoms with E-state index in [1.54, 1.807) is 19.9 Å². The van der Waals surface area contributed by atoms with Crippen LogP contribution in [0.2, 0.25) is 0 Å². The van der Waals surface area contributed by atoms with Crippen molar-refractivity contribution >= 4 is 0 Å². The molecule has 0 aliphatic heterocycles. The smallest absolute Gasteiger partial charge is 0.165 e. The van der Waals surface area contributed by atoms with Crippen LogP contribution in [-0.4, -0.2) is 5.11 Å². The van der Waals surface area contributed by atoms with Gasteiger partial charge >= 0.3 is 0 Å². The third-order valence-electron chi connectivity index (χ3n) is 1.73. The number of nitrogens with two attached hydrogens (primary N) is 1. The van der Waals surface area contributed by atoms with Gasteiger partial charge in [-0.05, 0) is 25.5 Å². The van der Waals surface area contributed by atoms with Gasteiger partial charge in [-0.15, -0.1) is 0 Å². The van der Waals surface area contributed by atoms with Gasteiger partial charge in [-0.1, -0.05) is 6.07 Å². The van der Waals surface area contributed by atoms with Gasteiger partial charge in [0, 0.05) is 11.6 Å². The number of benzene rings is 1. The van der Waals surface area contributed by atoms with Crippen LogP contribution < -0.4 is 5.73 Å². The molecule has 0 spiro atoms. The minimum atomic E-state index is -0.609. The lowest BCUT2D eigenvalue weighted by molar-refractivity contribution is 0.422. The van der Waals surface area contributed by atoms with Crippen molar-refractivity contribution < 1.29 is 9.50 Å². The molecule has 3 heteroatoms. The van der Waals surface area contributed by atoms with Crippen LogP contribution in [0.1, 0.15) is 24.1 Å². The number of phenolic OH excluding ortho intramolecular Hbond substituents is 1. The van der Waals surface area contributed by atoms with Crippen molar-refractivity contribution in [1.29, 1.82) is 0 Å². The lowest BCUT2D eigenvalue weighted by Crippen LogP contribution is -2.06. The Morgan fingerprint density at radius 3 is 2.58 bits per heavy atom. The molecule has 2 nitrogen and oxygen atoms in total. The van der Waals surface area contributed by atoms with E-state index in [1.807, 2.05) is 0 Å². The molecule has 12 heavy (non-hydrogen) atoms. The van der Waals surface area contributed by atoms with Crippen molar-refractivity contribution in [2.75, 3.05) is 0 Å². The van der Waals surface area contributed by atoms with Crippen LogP contribution in [0, 0.1) is 12.7 Å². The van der Waals surface area contributed by atoms with E-state index in [0.717, 1.165) is 5.56 Å². The topological polar surface area (TPSA) is 46.2 Å². The fraction of sp³-hybridized carbons (Fsp3) is 0.333. The van der Waals surface area contributed by atoms with E-state index in [2.05, 4.69) is 0 Å². The molecule has 1 aromatic rings. The summed E-state index contributed by atoms with van der Waals surface area (Å²) in [5.41, 5.74) is 6.74. The molecule has 0 aliphatic carbocycles. The van der Waals surface area contributed by atoms with Crippen molar-refractivity contribution in [2.45, 2.75) is 19.9 Å². The first-order valence-corrected chi connectivity index (χ1v) is 3.77. The van der Waals surface area contributed by atoms with Crippen LogP contribution in [0.25, 0.3) is 0 Å². The molecule has 3 N–H and O–H groups in total. The first kappa shape index (κ1) is 9.00. The average Bonchev–Trinajstić information content (AvgIpc) is 1.96. The molecule has 0 unspecified atom stereocenters. The average molecular weight is 169 g/mol. The summed E-state index contributed by atoms with van der Waals surface area (Å²) in [5.74, 6) is -0.946. The monoisotopic (exact) mass is 169 g/mol. The largest absolute Gasteiger partial charge is 0.505 e. The predicted octanol–water partition coefficient (Wildman–Crippen LogP) is 1.86. The van der Waals surface area contributed by atoms with E-state index < -0.39 is 5.82 Å². The van der Waals surface area contributed by atoms with Crippen molar-refractivity contribution in [3.63, 3.8) is 0 Å². The maximum Gasteiger partial charge on any atom is 0.165 e. The van der Waals surface area contributed by atoms with Gasteiger partial charge < -0.3 is 10.8 Å². The van der Waals surface area contributed by atoms with Crippen molar-refractivity contribution in [1.82, 2.24) is 0 Å². The number of aromatic hydroxyl groups is 1. The molecule has 0 radical (unpaired) electrons. The molecular weight excluding hydrogens is 157 g/mol. The molecule has 0 fully saturated rings. The Balaban J connectivity index is 3.28. The molecule has 1 rings (SSSR count). The summed E-state index contributed by atoms with van der Waals surface area (Å²) in [5, 5.41) is 9.24. The molecular formula is C9H12FNO. The van der Waals surface area contributed by atoms with Crippen LogP contribution in [0.3, 0.4) is 0 Å². The zero-order valence-electron chi connectivity index (χ0n) is 7.13. The maximum absolute atomic E-state index is 12.9. The van der Waals surface area contributed by atoms with Gasteiger partial charge in [0.2, 0.25) is 0 Å². The van der Waals surface area contributed by atoms with E-state index in [-0.39, 0.29) is 11.8 Å². The summed E-state index contributed by atoms with van der Waals surface area (Å²) in [6.45, 7) is 3.46. The van der Waals surface area contributed by atoms with E-state index in [0.29, 0.717) is 5.56 Å². The minimum absolute atomic E-state index is 0.337. The zero-order valence-corrected chi connectivity index (χ0v) is 7.13. The van der Waals surface area contributed by atoms with E-state index >= 15 is 0 Å². The van der Waals surface area contributed by atoms with E-state index in [1.165, 1.54) is 6.07 Å². The first-order valence-electron chi connectivity index (χ1n) is 3.77. The summed E-state index contributed by atoms with van der Waals surface area (Å²) >= 11 is 0. The molecule has 0 amide bonds. The second-order valence-electron chi connectivity index (χ2n) is 2.97. The second-order valence-corrected chi connectivity index (χ2v) is 2.97. The maximum atomic E-state index is 12.9. The molecule has 1 atom stereocenters. The second kappa shape index (κ2) is 3.11. The SMILES string of the molecule is Cc1cc(F)c(O)c([C@H](C)N)c1. The van der Waals surface area contributed by atoms with Gasteiger partial charge in [-0.2, -0.15) is 0 Å². The van der Waals surface area contributed by atoms with Crippen LogP contribution in [0.15, 0.2) is 12.1 Å². The van der Waals surface area contributed by atoms with E-state index in [4.69, 9.17) is 5.73 Å². The van der Waals surface area contributed by atoms with Crippen LogP contribution in [-0.2, 0) is 0 Å². The van der Waals surface area contributed by atoms with E-state index in [9.17, 15) is 9.50 Å². The Hall–Kier alpha value is -1.09. The normalized spacial score (nSPS) is 13.0. The highest BCUT2D eigenvalue weighted by atomic mass is 19.1. The Morgan fingerprint density at radius 1 is 1.50 bits per heavy atom. The quantitative estimate of drug-likeness (QED) is 0.674. The molecule has 0 saturated heterocycles. The first-order chi connectivity index (χ1) is 5.52. The highest BCUT2D eigenvalue weighted by Gasteiger charge is 2.10. The minimum Gasteiger partial charge on any atom is -0.505 e. The number of phenols is 1. The van der Waals surface area contributed by atoms with Crippen LogP contribution in [0.5, 0.6) is 5.75 Å². The third-order valence-corrected chi connectivity index (χ3v) is 1.73. The highest BCUT2D eigenvalue weighted by Crippen LogP contribution is 2.26. The van der Waals surface area contributed by atoms with Crippen LogP contribution >= 0.6 is 0 Å². The molecule has 66 valence electrons. The number of aryl methyl sites for hydroxylation is 1. The molecule has 0 aromatic heterocycles. The predicted molar refractivity (Wildman–Crippen MR) is 45.4 cm³/mol. The Bertz CT molecular complexity index is 297. The number of hydrogen-bond donors (Lipinski definition) is 2. The Morgan fingerprint density at radius 2 is 2.08 bits per heavy atom. The lowest BCUT2D eigenvalue weighted by Gasteiger charge is -2.09. The van der Waals surface area contributed by atoms with Gasteiger partial charge in [0.1, 0.15) is 0 Å². The molecule has 0 bridgehead atoms.